The molecule has 1 aliphatic rings. The van der Waals surface area contributed by atoms with E-state index in [1.807, 2.05) is 30.3 Å². The lowest BCUT2D eigenvalue weighted by molar-refractivity contribution is 0.214. The summed E-state index contributed by atoms with van der Waals surface area (Å²) in [5.74, 6) is -0.501. The molecule has 1 heterocycles. The van der Waals surface area contributed by atoms with Gasteiger partial charge in [0.2, 0.25) is 0 Å². The van der Waals surface area contributed by atoms with Crippen LogP contribution >= 0.6 is 0 Å². The van der Waals surface area contributed by atoms with Crippen LogP contribution in [0.1, 0.15) is 25.3 Å². The molecular weight excluding hydrogens is 304 g/mol. The Morgan fingerprint density at radius 1 is 1.32 bits per heavy atom. The van der Waals surface area contributed by atoms with Gasteiger partial charge in [-0.1, -0.05) is 44.2 Å². The van der Waals surface area contributed by atoms with Crippen LogP contribution in [0.3, 0.4) is 0 Å². The summed E-state index contributed by atoms with van der Waals surface area (Å²) in [5, 5.41) is 4.96. The molecule has 0 radical (unpaired) electrons. The first-order valence-corrected chi connectivity index (χ1v) is 8.56. The van der Waals surface area contributed by atoms with Gasteiger partial charge in [-0.15, -0.1) is 0 Å². The summed E-state index contributed by atoms with van der Waals surface area (Å²) in [7, 11) is -3.73. The molecule has 22 heavy (non-hydrogen) atoms. The van der Waals surface area contributed by atoms with Crippen LogP contribution < -0.4 is 5.73 Å². The molecule has 2 amide bonds. The number of benzene rings is 1. The van der Waals surface area contributed by atoms with Crippen LogP contribution in [0, 0.1) is 0 Å². The maximum Gasteiger partial charge on any atom is 0.335 e. The number of nitrogens with zero attached hydrogens (tertiary/aromatic N) is 3. The van der Waals surface area contributed by atoms with Crippen LogP contribution in [0.25, 0.3) is 0 Å². The zero-order valence-corrected chi connectivity index (χ0v) is 13.5. The molecule has 7 nitrogen and oxygen atoms in total. The summed E-state index contributed by atoms with van der Waals surface area (Å²) >= 11 is 0. The molecule has 0 saturated heterocycles. The summed E-state index contributed by atoms with van der Waals surface area (Å²) < 4.78 is 26.9. The minimum atomic E-state index is -3.73. The molecule has 1 aromatic rings. The standard InChI is InChI=1S/C14H20N4O3S/c1-3-17(4-2)22(20,21)13-12(10-18(16-13)14(15)19)11-8-6-5-7-9-11/h5-9,12H,3-4,10H2,1-2H3,(H2,15,19). The van der Waals surface area contributed by atoms with Crippen molar-refractivity contribution in [2.45, 2.75) is 19.8 Å². The summed E-state index contributed by atoms with van der Waals surface area (Å²) in [5.41, 5.74) is 6.05. The van der Waals surface area contributed by atoms with Gasteiger partial charge in [0.15, 0.2) is 5.04 Å². The third kappa shape index (κ3) is 2.97. The zero-order valence-electron chi connectivity index (χ0n) is 12.6. The highest BCUT2D eigenvalue weighted by molar-refractivity contribution is 8.04. The van der Waals surface area contributed by atoms with E-state index in [0.29, 0.717) is 13.1 Å². The molecule has 2 rings (SSSR count). The van der Waals surface area contributed by atoms with Gasteiger partial charge in [-0.2, -0.15) is 9.41 Å². The van der Waals surface area contributed by atoms with Crippen LogP contribution in [0.2, 0.25) is 0 Å². The minimum Gasteiger partial charge on any atom is -0.350 e. The van der Waals surface area contributed by atoms with Crippen molar-refractivity contribution in [3.8, 4) is 0 Å². The first-order chi connectivity index (χ1) is 10.4. The zero-order chi connectivity index (χ0) is 16.3. The van der Waals surface area contributed by atoms with Crippen molar-refractivity contribution in [2.75, 3.05) is 19.6 Å². The van der Waals surface area contributed by atoms with E-state index in [9.17, 15) is 13.2 Å². The van der Waals surface area contributed by atoms with Crippen molar-refractivity contribution in [1.29, 1.82) is 0 Å². The highest BCUT2D eigenvalue weighted by atomic mass is 32.2. The van der Waals surface area contributed by atoms with E-state index in [1.54, 1.807) is 13.8 Å². The third-order valence-corrected chi connectivity index (χ3v) is 5.73. The van der Waals surface area contributed by atoms with E-state index in [1.165, 1.54) is 4.31 Å². The number of amides is 2. The van der Waals surface area contributed by atoms with E-state index in [0.717, 1.165) is 10.6 Å². The molecule has 0 bridgehead atoms. The molecule has 1 aromatic carbocycles. The number of hydrazone groups is 1. The summed E-state index contributed by atoms with van der Waals surface area (Å²) in [6.07, 6.45) is 0. The normalized spacial score (nSPS) is 18.6. The van der Waals surface area contributed by atoms with Gasteiger partial charge in [-0.25, -0.2) is 18.2 Å². The Labute approximate surface area is 130 Å². The maximum atomic E-state index is 12.8. The summed E-state index contributed by atoms with van der Waals surface area (Å²) in [4.78, 5) is 11.4. The van der Waals surface area contributed by atoms with Crippen LogP contribution in [0.4, 0.5) is 4.79 Å². The molecule has 1 atom stereocenters. The van der Waals surface area contributed by atoms with E-state index in [2.05, 4.69) is 5.10 Å². The second-order valence-electron chi connectivity index (χ2n) is 4.91. The first-order valence-electron chi connectivity index (χ1n) is 7.12. The second kappa shape index (κ2) is 6.45. The molecule has 8 heteroatoms. The van der Waals surface area contributed by atoms with Crippen LogP contribution in [-0.4, -0.2) is 48.4 Å². The lowest BCUT2D eigenvalue weighted by Crippen LogP contribution is -2.37. The van der Waals surface area contributed by atoms with Crippen molar-refractivity contribution in [3.05, 3.63) is 35.9 Å². The molecule has 0 fully saturated rings. The van der Waals surface area contributed by atoms with Gasteiger partial charge in [-0.3, -0.25) is 0 Å². The van der Waals surface area contributed by atoms with E-state index in [4.69, 9.17) is 5.73 Å². The van der Waals surface area contributed by atoms with E-state index >= 15 is 0 Å². The number of rotatable bonds is 4. The average molecular weight is 324 g/mol. The van der Waals surface area contributed by atoms with Gasteiger partial charge in [0.05, 0.1) is 12.5 Å². The molecule has 0 aromatic heterocycles. The number of hydrogen-bond donors (Lipinski definition) is 1. The fourth-order valence-electron chi connectivity index (χ4n) is 2.48. The second-order valence-corrected chi connectivity index (χ2v) is 6.80. The number of nitrogens with two attached hydrogens (primary N) is 1. The summed E-state index contributed by atoms with van der Waals surface area (Å²) in [6.45, 7) is 4.35. The fourth-order valence-corrected chi connectivity index (χ4v) is 4.20. The maximum absolute atomic E-state index is 12.8. The third-order valence-electron chi connectivity index (χ3n) is 3.64. The number of primary amides is 1. The smallest absolute Gasteiger partial charge is 0.335 e. The monoisotopic (exact) mass is 324 g/mol. The summed E-state index contributed by atoms with van der Waals surface area (Å²) in [6, 6.07) is 8.38. The minimum absolute atomic E-state index is 0.0267. The Kier molecular flexibility index (Phi) is 4.82. The van der Waals surface area contributed by atoms with Crippen LogP contribution in [-0.2, 0) is 10.0 Å². The lowest BCUT2D eigenvalue weighted by Gasteiger charge is -2.21. The molecular formula is C14H20N4O3S. The van der Waals surface area contributed by atoms with Crippen LogP contribution in [0.5, 0.6) is 0 Å². The molecule has 1 aliphatic heterocycles. The molecule has 1 unspecified atom stereocenters. The van der Waals surface area contributed by atoms with Gasteiger partial charge >= 0.3 is 6.03 Å². The predicted molar refractivity (Wildman–Crippen MR) is 84.7 cm³/mol. The Balaban J connectivity index is 2.47. The highest BCUT2D eigenvalue weighted by Gasteiger charge is 2.40. The number of carbonyl (C=O) groups is 1. The number of urea groups is 1. The SMILES string of the molecule is CCN(CC)S(=O)(=O)C1=NN(C(N)=O)CC1c1ccccc1. The van der Waals surface area contributed by atoms with Gasteiger partial charge in [0, 0.05) is 13.1 Å². The van der Waals surface area contributed by atoms with Crippen molar-refractivity contribution in [2.24, 2.45) is 10.8 Å². The van der Waals surface area contributed by atoms with Crippen molar-refractivity contribution in [1.82, 2.24) is 9.31 Å². The molecule has 0 spiro atoms. The number of carbonyl (C=O) groups excluding carboxylic acids is 1. The van der Waals surface area contributed by atoms with Crippen molar-refractivity contribution < 1.29 is 13.2 Å². The Morgan fingerprint density at radius 2 is 1.91 bits per heavy atom. The fraction of sp³-hybridized carbons (Fsp3) is 0.429. The van der Waals surface area contributed by atoms with Gasteiger partial charge in [0.25, 0.3) is 10.0 Å². The number of hydrogen-bond acceptors (Lipinski definition) is 4. The largest absolute Gasteiger partial charge is 0.350 e. The molecule has 2 N–H and O–H groups in total. The first kappa shape index (κ1) is 16.4. The van der Waals surface area contributed by atoms with E-state index < -0.39 is 22.0 Å². The predicted octanol–water partition coefficient (Wildman–Crippen LogP) is 1.15. The highest BCUT2D eigenvalue weighted by Crippen LogP contribution is 2.29. The Morgan fingerprint density at radius 3 is 2.41 bits per heavy atom. The van der Waals surface area contributed by atoms with Gasteiger partial charge < -0.3 is 5.73 Å². The molecule has 0 aliphatic carbocycles. The van der Waals surface area contributed by atoms with E-state index in [-0.39, 0.29) is 11.6 Å². The van der Waals surface area contributed by atoms with Gasteiger partial charge in [0.1, 0.15) is 0 Å². The Hall–Kier alpha value is -1.93. The number of sulfonamides is 1. The lowest BCUT2D eigenvalue weighted by atomic mass is 10.0. The molecule has 120 valence electrons. The van der Waals surface area contributed by atoms with Crippen molar-refractivity contribution >= 4 is 21.1 Å². The van der Waals surface area contributed by atoms with Crippen molar-refractivity contribution in [3.63, 3.8) is 0 Å². The topological polar surface area (TPSA) is 96.1 Å². The Bertz CT molecular complexity index is 669. The van der Waals surface area contributed by atoms with Crippen LogP contribution in [0.15, 0.2) is 35.4 Å². The average Bonchev–Trinajstić information content (AvgIpc) is 2.95. The van der Waals surface area contributed by atoms with Gasteiger partial charge in [-0.05, 0) is 5.56 Å². The quantitative estimate of drug-likeness (QED) is 0.899. The molecule has 0 saturated carbocycles.